The summed E-state index contributed by atoms with van der Waals surface area (Å²) in [7, 11) is 0. The Labute approximate surface area is 168 Å². The van der Waals surface area contributed by atoms with E-state index in [1.807, 2.05) is 36.7 Å². The van der Waals surface area contributed by atoms with Crippen LogP contribution < -0.4 is 11.1 Å². The SMILES string of the molecule is NC1CCC(Nc2cc(Cl)c3cncc(-c4cc5ccccc5o4)c3c2)CC1. The molecule has 28 heavy (non-hydrogen) atoms. The molecule has 4 aromatic rings. The molecule has 3 N–H and O–H groups in total. The van der Waals surface area contributed by atoms with Crippen LogP contribution in [0.3, 0.4) is 0 Å². The van der Waals surface area contributed by atoms with Crippen LogP contribution in [0, 0.1) is 0 Å². The number of anilines is 1. The third-order valence-corrected chi connectivity index (χ3v) is 5.97. The largest absolute Gasteiger partial charge is 0.456 e. The molecule has 0 saturated heterocycles. The maximum absolute atomic E-state index is 6.61. The van der Waals surface area contributed by atoms with Crippen molar-refractivity contribution in [2.45, 2.75) is 37.8 Å². The molecule has 0 unspecified atom stereocenters. The van der Waals surface area contributed by atoms with E-state index in [1.165, 1.54) is 0 Å². The topological polar surface area (TPSA) is 64.1 Å². The molecule has 5 rings (SSSR count). The van der Waals surface area contributed by atoms with Gasteiger partial charge in [-0.15, -0.1) is 0 Å². The highest BCUT2D eigenvalue weighted by molar-refractivity contribution is 6.36. The molecule has 5 heteroatoms. The average molecular weight is 392 g/mol. The fourth-order valence-corrected chi connectivity index (χ4v) is 4.39. The Kier molecular flexibility index (Phi) is 4.46. The van der Waals surface area contributed by atoms with Crippen LogP contribution in [0.2, 0.25) is 5.02 Å². The summed E-state index contributed by atoms with van der Waals surface area (Å²) in [6.45, 7) is 0. The van der Waals surface area contributed by atoms with Gasteiger partial charge in [-0.2, -0.15) is 0 Å². The first-order chi connectivity index (χ1) is 13.7. The number of benzene rings is 2. The van der Waals surface area contributed by atoms with Gasteiger partial charge in [0.15, 0.2) is 0 Å². The molecule has 0 bridgehead atoms. The van der Waals surface area contributed by atoms with Gasteiger partial charge in [-0.1, -0.05) is 29.8 Å². The molecule has 0 spiro atoms. The number of nitrogens with one attached hydrogen (secondary N) is 1. The summed E-state index contributed by atoms with van der Waals surface area (Å²) in [6.07, 6.45) is 7.96. The molecule has 1 saturated carbocycles. The number of nitrogens with two attached hydrogens (primary N) is 1. The van der Waals surface area contributed by atoms with Gasteiger partial charge in [0.25, 0.3) is 0 Å². The fraction of sp³-hybridized carbons (Fsp3) is 0.261. The van der Waals surface area contributed by atoms with Gasteiger partial charge >= 0.3 is 0 Å². The van der Waals surface area contributed by atoms with Gasteiger partial charge in [-0.25, -0.2) is 0 Å². The first-order valence-corrected chi connectivity index (χ1v) is 10.1. The first kappa shape index (κ1) is 17.5. The van der Waals surface area contributed by atoms with Crippen LogP contribution in [0.4, 0.5) is 5.69 Å². The average Bonchev–Trinajstić information content (AvgIpc) is 3.13. The predicted octanol–water partition coefficient (Wildman–Crippen LogP) is 5.98. The Hall–Kier alpha value is -2.56. The minimum absolute atomic E-state index is 0.337. The lowest BCUT2D eigenvalue weighted by Crippen LogP contribution is -2.32. The standard InChI is InChI=1S/C23H22ClN3O/c24-21-11-17(27-16-7-5-15(25)6-8-16)10-18-19(21)12-26-13-20(18)23-9-14-3-1-2-4-22(14)28-23/h1-4,9-13,15-16,27H,5-8,25H2. The van der Waals surface area contributed by atoms with Crippen LogP contribution in [-0.2, 0) is 0 Å². The second-order valence-corrected chi connectivity index (χ2v) is 8.05. The molecule has 1 aliphatic carbocycles. The minimum atomic E-state index is 0.337. The van der Waals surface area contributed by atoms with Crippen LogP contribution in [0.1, 0.15) is 25.7 Å². The summed E-state index contributed by atoms with van der Waals surface area (Å²) in [6, 6.07) is 15.0. The Bertz CT molecular complexity index is 1110. The zero-order valence-corrected chi connectivity index (χ0v) is 16.2. The highest BCUT2D eigenvalue weighted by Gasteiger charge is 2.19. The van der Waals surface area contributed by atoms with Gasteiger partial charge in [-0.05, 0) is 55.3 Å². The molecule has 142 valence electrons. The molecule has 1 fully saturated rings. The number of para-hydroxylation sites is 1. The quantitative estimate of drug-likeness (QED) is 0.450. The minimum Gasteiger partial charge on any atom is -0.456 e. The van der Waals surface area contributed by atoms with E-state index in [-0.39, 0.29) is 0 Å². The lowest BCUT2D eigenvalue weighted by atomic mass is 9.91. The normalized spacial score (nSPS) is 19.9. The third-order valence-electron chi connectivity index (χ3n) is 5.66. The van der Waals surface area contributed by atoms with Crippen molar-refractivity contribution in [2.24, 2.45) is 5.73 Å². The molecule has 0 aliphatic heterocycles. The number of rotatable bonds is 3. The van der Waals surface area contributed by atoms with E-state index in [1.54, 1.807) is 0 Å². The maximum Gasteiger partial charge on any atom is 0.137 e. The van der Waals surface area contributed by atoms with E-state index in [9.17, 15) is 0 Å². The third kappa shape index (κ3) is 3.23. The van der Waals surface area contributed by atoms with E-state index >= 15 is 0 Å². The van der Waals surface area contributed by atoms with Gasteiger partial charge < -0.3 is 15.5 Å². The van der Waals surface area contributed by atoms with E-state index in [0.29, 0.717) is 17.1 Å². The highest BCUT2D eigenvalue weighted by Crippen LogP contribution is 2.37. The number of fused-ring (bicyclic) bond motifs is 2. The summed E-state index contributed by atoms with van der Waals surface area (Å²) in [5.41, 5.74) is 8.89. The van der Waals surface area contributed by atoms with E-state index in [4.69, 9.17) is 21.8 Å². The Balaban J connectivity index is 1.57. The van der Waals surface area contributed by atoms with Crippen LogP contribution in [-0.4, -0.2) is 17.1 Å². The number of hydrogen-bond acceptors (Lipinski definition) is 4. The van der Waals surface area contributed by atoms with Gasteiger partial charge in [0.05, 0.1) is 5.02 Å². The summed E-state index contributed by atoms with van der Waals surface area (Å²) in [5, 5.41) is 7.38. The zero-order valence-electron chi connectivity index (χ0n) is 15.5. The first-order valence-electron chi connectivity index (χ1n) is 9.76. The summed E-state index contributed by atoms with van der Waals surface area (Å²) < 4.78 is 6.09. The van der Waals surface area contributed by atoms with Gasteiger partial charge in [0, 0.05) is 46.5 Å². The number of furan rings is 1. The molecule has 2 aromatic heterocycles. The van der Waals surface area contributed by atoms with Crippen molar-refractivity contribution in [2.75, 3.05) is 5.32 Å². The van der Waals surface area contributed by atoms with Crippen LogP contribution in [0.5, 0.6) is 0 Å². The van der Waals surface area contributed by atoms with E-state index < -0.39 is 0 Å². The molecular formula is C23H22ClN3O. The van der Waals surface area contributed by atoms with Crippen LogP contribution in [0.15, 0.2) is 59.3 Å². The summed E-state index contributed by atoms with van der Waals surface area (Å²) >= 11 is 6.61. The molecule has 0 atom stereocenters. The van der Waals surface area contributed by atoms with Crippen LogP contribution >= 0.6 is 11.6 Å². The Morgan fingerprint density at radius 2 is 1.82 bits per heavy atom. The lowest BCUT2D eigenvalue weighted by Gasteiger charge is -2.28. The molecule has 2 heterocycles. The van der Waals surface area contributed by atoms with Crippen molar-refractivity contribution in [1.82, 2.24) is 4.98 Å². The molecule has 0 radical (unpaired) electrons. The zero-order chi connectivity index (χ0) is 19.1. The smallest absolute Gasteiger partial charge is 0.137 e. The molecule has 1 aliphatic rings. The second kappa shape index (κ2) is 7.12. The highest BCUT2D eigenvalue weighted by atomic mass is 35.5. The van der Waals surface area contributed by atoms with Gasteiger partial charge in [0.2, 0.25) is 0 Å². The van der Waals surface area contributed by atoms with E-state index in [0.717, 1.165) is 64.4 Å². The van der Waals surface area contributed by atoms with Crippen molar-refractivity contribution in [3.63, 3.8) is 0 Å². The monoisotopic (exact) mass is 391 g/mol. The predicted molar refractivity (Wildman–Crippen MR) is 116 cm³/mol. The number of halogens is 1. The molecule has 0 amide bonds. The number of hydrogen-bond donors (Lipinski definition) is 2. The molecular weight excluding hydrogens is 370 g/mol. The Morgan fingerprint density at radius 3 is 2.64 bits per heavy atom. The van der Waals surface area contributed by atoms with Gasteiger partial charge in [-0.3, -0.25) is 4.98 Å². The Morgan fingerprint density at radius 1 is 1.00 bits per heavy atom. The lowest BCUT2D eigenvalue weighted by molar-refractivity contribution is 0.411. The number of aromatic nitrogens is 1. The summed E-state index contributed by atoms with van der Waals surface area (Å²) in [4.78, 5) is 4.40. The van der Waals surface area contributed by atoms with Crippen LogP contribution in [0.25, 0.3) is 33.1 Å². The summed E-state index contributed by atoms with van der Waals surface area (Å²) in [5.74, 6) is 0.802. The van der Waals surface area contributed by atoms with Gasteiger partial charge in [0.1, 0.15) is 11.3 Å². The number of pyridine rings is 1. The molecule has 4 nitrogen and oxygen atoms in total. The number of nitrogens with zero attached hydrogens (tertiary/aromatic N) is 1. The van der Waals surface area contributed by atoms with Crippen molar-refractivity contribution < 1.29 is 4.42 Å². The molecule has 2 aromatic carbocycles. The van der Waals surface area contributed by atoms with Crippen molar-refractivity contribution in [3.8, 4) is 11.3 Å². The van der Waals surface area contributed by atoms with Crippen molar-refractivity contribution >= 4 is 39.0 Å². The maximum atomic E-state index is 6.61. The van der Waals surface area contributed by atoms with Crippen molar-refractivity contribution in [3.05, 3.63) is 59.9 Å². The van der Waals surface area contributed by atoms with E-state index in [2.05, 4.69) is 28.5 Å². The second-order valence-electron chi connectivity index (χ2n) is 7.64. The fourth-order valence-electron chi connectivity index (χ4n) is 4.12. The van der Waals surface area contributed by atoms with Crippen molar-refractivity contribution in [1.29, 1.82) is 0 Å².